The molecule has 17 heteroatoms. The summed E-state index contributed by atoms with van der Waals surface area (Å²) in [6.45, 7) is 1.28. The second-order valence-electron chi connectivity index (χ2n) is 11.8. The van der Waals surface area contributed by atoms with Gasteiger partial charge in [0.2, 0.25) is 0 Å². The van der Waals surface area contributed by atoms with Crippen LogP contribution < -0.4 is 21.3 Å². The monoisotopic (exact) mass is 765 g/mol. The summed E-state index contributed by atoms with van der Waals surface area (Å²) in [6, 6.07) is 23.6. The number of rotatable bonds is 15. The maximum atomic E-state index is 12.9. The highest BCUT2D eigenvalue weighted by Crippen LogP contribution is 2.26. The third-order valence-electron chi connectivity index (χ3n) is 7.94. The van der Waals surface area contributed by atoms with Crippen molar-refractivity contribution in [2.24, 2.45) is 0 Å². The molecule has 0 aliphatic carbocycles. The number of pyridine rings is 1. The molecule has 0 fully saturated rings. The Hall–Kier alpha value is -6.45. The van der Waals surface area contributed by atoms with Crippen molar-refractivity contribution < 1.29 is 19.2 Å². The Morgan fingerprint density at radius 1 is 0.519 bits per heavy atom. The summed E-state index contributed by atoms with van der Waals surface area (Å²) in [6.07, 6.45) is 3.63. The fraction of sp³-hybridized carbons (Fsp3) is 0.162. The van der Waals surface area contributed by atoms with Crippen LogP contribution in [0.15, 0.2) is 91.3 Å². The van der Waals surface area contributed by atoms with Crippen molar-refractivity contribution in [2.75, 3.05) is 26.2 Å². The van der Waals surface area contributed by atoms with Gasteiger partial charge in [0, 0.05) is 37.3 Å². The van der Waals surface area contributed by atoms with Gasteiger partial charge in [-0.1, -0.05) is 77.8 Å². The van der Waals surface area contributed by atoms with Gasteiger partial charge in [-0.05, 0) is 48.2 Å². The van der Waals surface area contributed by atoms with Crippen molar-refractivity contribution in [3.05, 3.63) is 124 Å². The van der Waals surface area contributed by atoms with Crippen LogP contribution in [-0.4, -0.2) is 85.2 Å². The predicted octanol–water partition coefficient (Wildman–Crippen LogP) is 4.73. The molecule has 0 saturated carbocycles. The van der Waals surface area contributed by atoms with E-state index in [2.05, 4.69) is 56.6 Å². The van der Waals surface area contributed by atoms with Crippen LogP contribution in [0, 0.1) is 0 Å². The summed E-state index contributed by atoms with van der Waals surface area (Å²) >= 11 is 12.1. The van der Waals surface area contributed by atoms with Crippen molar-refractivity contribution >= 4 is 46.8 Å². The Morgan fingerprint density at radius 3 is 1.59 bits per heavy atom. The first-order valence-electron chi connectivity index (χ1n) is 16.8. The van der Waals surface area contributed by atoms with E-state index in [1.807, 2.05) is 54.6 Å². The van der Waals surface area contributed by atoms with Crippen LogP contribution in [0.3, 0.4) is 0 Å². The molecular weight excluding hydrogens is 733 g/mol. The first-order valence-corrected chi connectivity index (χ1v) is 17.5. The Bertz CT molecular complexity index is 2260. The minimum atomic E-state index is -0.408. The molecule has 0 aliphatic rings. The van der Waals surface area contributed by atoms with Crippen LogP contribution in [0.2, 0.25) is 10.3 Å². The van der Waals surface area contributed by atoms with Gasteiger partial charge >= 0.3 is 0 Å². The summed E-state index contributed by atoms with van der Waals surface area (Å²) in [4.78, 5) is 62.2. The molecule has 6 aromatic rings. The van der Waals surface area contributed by atoms with Crippen molar-refractivity contribution in [3.8, 4) is 33.6 Å². The zero-order valence-corrected chi connectivity index (χ0v) is 30.0. The van der Waals surface area contributed by atoms with Crippen LogP contribution >= 0.6 is 23.2 Å². The number of halogens is 2. The van der Waals surface area contributed by atoms with E-state index in [1.54, 1.807) is 24.3 Å². The zero-order valence-electron chi connectivity index (χ0n) is 28.5. The number of benzene rings is 2. The number of H-pyrrole nitrogens is 2. The molecule has 0 aliphatic heterocycles. The molecule has 0 saturated heterocycles. The van der Waals surface area contributed by atoms with Gasteiger partial charge in [0.25, 0.3) is 23.6 Å². The molecular formula is C37H33Cl2N11O4. The summed E-state index contributed by atoms with van der Waals surface area (Å²) in [5, 5.41) is 25.4. The highest BCUT2D eigenvalue weighted by atomic mass is 35.5. The standard InChI is InChI=1S/C37H33Cl2N11O4/c38-32-17-25(16-28(45-32)34(51)41-12-4-13-42-35(52)29-18-26(47-49-29)23-6-2-1-3-7-23)22-8-10-24(11-9-22)27-19-30(50-48-27)36(53)43-14-5-15-44-37(54)31-20-40-21-33(39)46-31/h1-3,6-11,16-21H,4-5,12-15H2,(H,41,51)(H,42,52)(H,43,53)(H,44,54)(H,47,49)(H,48,50). The van der Waals surface area contributed by atoms with E-state index in [0.717, 1.165) is 16.7 Å². The number of carbonyl (C=O) groups excluding carboxylic acids is 4. The van der Waals surface area contributed by atoms with Gasteiger partial charge in [0.15, 0.2) is 0 Å². The van der Waals surface area contributed by atoms with Gasteiger partial charge in [0.1, 0.15) is 33.1 Å². The van der Waals surface area contributed by atoms with E-state index in [9.17, 15) is 19.2 Å². The molecule has 54 heavy (non-hydrogen) atoms. The fourth-order valence-corrected chi connectivity index (χ4v) is 5.56. The molecule has 6 N–H and O–H groups in total. The lowest BCUT2D eigenvalue weighted by Crippen LogP contribution is -2.30. The second-order valence-corrected chi connectivity index (χ2v) is 12.6. The normalized spacial score (nSPS) is 10.8. The van der Waals surface area contributed by atoms with Gasteiger partial charge in [-0.25, -0.2) is 9.97 Å². The molecule has 15 nitrogen and oxygen atoms in total. The molecule has 4 aromatic heterocycles. The number of hydrogen-bond donors (Lipinski definition) is 6. The largest absolute Gasteiger partial charge is 0.351 e. The highest BCUT2D eigenvalue weighted by Gasteiger charge is 2.15. The number of aromatic nitrogens is 7. The second kappa shape index (κ2) is 17.9. The first-order chi connectivity index (χ1) is 26.2. The molecule has 6 rings (SSSR count). The van der Waals surface area contributed by atoms with Gasteiger partial charge < -0.3 is 21.3 Å². The predicted molar refractivity (Wildman–Crippen MR) is 202 cm³/mol. The SMILES string of the molecule is O=C(NCCCNC(=O)c1cc(-c2ccc(-c3cc(Cl)nc(C(=O)NCCCNC(=O)c4cc(-c5ccccc5)n[nH]4)c3)cc2)n[nH]1)c1cncc(Cl)n1. The number of nitrogens with zero attached hydrogens (tertiary/aromatic N) is 5. The van der Waals surface area contributed by atoms with Crippen molar-refractivity contribution in [2.45, 2.75) is 12.8 Å². The van der Waals surface area contributed by atoms with Crippen LogP contribution in [0.1, 0.15) is 54.8 Å². The third-order valence-corrected chi connectivity index (χ3v) is 8.32. The minimum absolute atomic E-state index is 0.110. The molecule has 0 spiro atoms. The molecule has 4 heterocycles. The highest BCUT2D eigenvalue weighted by molar-refractivity contribution is 6.30. The quantitative estimate of drug-likeness (QED) is 0.0629. The van der Waals surface area contributed by atoms with Crippen LogP contribution in [-0.2, 0) is 0 Å². The molecule has 4 amide bonds. The summed E-state index contributed by atoms with van der Waals surface area (Å²) in [7, 11) is 0. The molecule has 0 radical (unpaired) electrons. The topological polar surface area (TPSA) is 212 Å². The summed E-state index contributed by atoms with van der Waals surface area (Å²) in [5.41, 5.74) is 5.26. The number of carbonyl (C=O) groups is 4. The third kappa shape index (κ3) is 9.90. The minimum Gasteiger partial charge on any atom is -0.351 e. The molecule has 0 bridgehead atoms. The van der Waals surface area contributed by atoms with Crippen molar-refractivity contribution in [3.63, 3.8) is 0 Å². The number of hydrogen-bond acceptors (Lipinski definition) is 9. The van der Waals surface area contributed by atoms with Crippen LogP contribution in [0.4, 0.5) is 0 Å². The van der Waals surface area contributed by atoms with Gasteiger partial charge in [-0.15, -0.1) is 0 Å². The summed E-state index contributed by atoms with van der Waals surface area (Å²) in [5.74, 6) is -1.44. The van der Waals surface area contributed by atoms with E-state index in [-0.39, 0.29) is 39.2 Å². The van der Waals surface area contributed by atoms with E-state index in [4.69, 9.17) is 23.2 Å². The number of nitrogens with one attached hydrogen (secondary N) is 6. The van der Waals surface area contributed by atoms with E-state index < -0.39 is 11.8 Å². The van der Waals surface area contributed by atoms with E-state index >= 15 is 0 Å². The molecule has 274 valence electrons. The average Bonchev–Trinajstić information content (AvgIpc) is 3.89. The van der Waals surface area contributed by atoms with Crippen LogP contribution in [0.25, 0.3) is 33.6 Å². The Kier molecular flexibility index (Phi) is 12.3. The average molecular weight is 767 g/mol. The van der Waals surface area contributed by atoms with Gasteiger partial charge in [-0.2, -0.15) is 10.2 Å². The first kappa shape index (κ1) is 37.3. The van der Waals surface area contributed by atoms with Gasteiger partial charge in [0.05, 0.1) is 23.8 Å². The summed E-state index contributed by atoms with van der Waals surface area (Å²) < 4.78 is 0. The lowest BCUT2D eigenvalue weighted by Gasteiger charge is -2.09. The Balaban J connectivity index is 0.942. The molecule has 2 aromatic carbocycles. The van der Waals surface area contributed by atoms with Gasteiger partial charge in [-0.3, -0.25) is 34.4 Å². The van der Waals surface area contributed by atoms with Crippen molar-refractivity contribution in [1.82, 2.24) is 56.6 Å². The molecule has 0 unspecified atom stereocenters. The lowest BCUT2D eigenvalue weighted by atomic mass is 10.0. The lowest BCUT2D eigenvalue weighted by molar-refractivity contribution is 0.0930. The number of aromatic amines is 2. The van der Waals surface area contributed by atoms with E-state index in [0.29, 0.717) is 61.7 Å². The number of amides is 4. The Labute approximate surface area is 318 Å². The maximum absolute atomic E-state index is 12.9. The maximum Gasteiger partial charge on any atom is 0.271 e. The molecule has 0 atom stereocenters. The smallest absolute Gasteiger partial charge is 0.271 e. The van der Waals surface area contributed by atoms with E-state index in [1.165, 1.54) is 12.4 Å². The Morgan fingerprint density at radius 2 is 1.02 bits per heavy atom. The zero-order chi connectivity index (χ0) is 37.9. The van der Waals surface area contributed by atoms with Crippen LogP contribution in [0.5, 0.6) is 0 Å². The fourth-order valence-electron chi connectivity index (χ4n) is 5.20. The van der Waals surface area contributed by atoms with Crippen molar-refractivity contribution in [1.29, 1.82) is 0 Å².